The number of nitrogens with zero attached hydrogens (tertiary/aromatic N) is 2. The smallest absolute Gasteiger partial charge is 0.321 e. The van der Waals surface area contributed by atoms with Crippen LogP contribution in [-0.2, 0) is 0 Å². The fourth-order valence-corrected chi connectivity index (χ4v) is 4.58. The summed E-state index contributed by atoms with van der Waals surface area (Å²) in [6, 6.07) is 1.16. The fraction of sp³-hybridized carbons (Fsp3) is 0.818. The minimum Gasteiger partial charge on any atom is -0.335 e. The van der Waals surface area contributed by atoms with Crippen molar-refractivity contribution in [1.82, 2.24) is 10.1 Å². The highest BCUT2D eigenvalue weighted by molar-refractivity contribution is 8.07. The predicted molar refractivity (Wildman–Crippen MR) is 72.7 cm³/mol. The van der Waals surface area contributed by atoms with Gasteiger partial charge in [-0.15, -0.1) is 11.8 Å². The van der Waals surface area contributed by atoms with Crippen LogP contribution >= 0.6 is 23.5 Å². The van der Waals surface area contributed by atoms with Crippen molar-refractivity contribution in [3.8, 4) is 0 Å². The van der Waals surface area contributed by atoms with Crippen molar-refractivity contribution in [1.29, 1.82) is 0 Å². The van der Waals surface area contributed by atoms with Crippen molar-refractivity contribution >= 4 is 29.5 Å². The number of hydrogen-bond donors (Lipinski definition) is 1. The molecule has 2 aliphatic rings. The number of rotatable bonds is 3. The van der Waals surface area contributed by atoms with Crippen molar-refractivity contribution in [3.63, 3.8) is 0 Å². The molecule has 6 heteroatoms. The van der Waals surface area contributed by atoms with E-state index in [-0.39, 0.29) is 0 Å². The largest absolute Gasteiger partial charge is 0.335 e. The van der Waals surface area contributed by atoms with Crippen LogP contribution in [-0.4, -0.2) is 32.4 Å². The normalized spacial score (nSPS) is 33.6. The van der Waals surface area contributed by atoms with Crippen LogP contribution in [0.1, 0.15) is 37.8 Å². The maximum Gasteiger partial charge on any atom is 0.321 e. The average Bonchev–Trinajstić information content (AvgIpc) is 2.99. The molecule has 1 N–H and O–H groups in total. The molecule has 3 atom stereocenters. The van der Waals surface area contributed by atoms with Gasteiger partial charge in [0.2, 0.25) is 0 Å². The summed E-state index contributed by atoms with van der Waals surface area (Å²) in [5.41, 5.74) is 0. The second-order valence-electron chi connectivity index (χ2n) is 4.74. The zero-order valence-electron chi connectivity index (χ0n) is 10.0. The molecule has 1 aliphatic carbocycles. The predicted octanol–water partition coefficient (Wildman–Crippen LogP) is 2.94. The molecule has 1 aromatic heterocycles. The standard InChI is InChI=1S/C11H17N3OS2/c1-6-7(2)17-9(5-16-6)10-13-11(15-14-10)12-8-3-4-8/h6-9H,3-5H2,1-2H3,(H,12,13,14). The molecule has 1 saturated heterocycles. The summed E-state index contributed by atoms with van der Waals surface area (Å²) in [6.45, 7) is 4.56. The van der Waals surface area contributed by atoms with E-state index >= 15 is 0 Å². The molecule has 0 spiro atoms. The van der Waals surface area contributed by atoms with Gasteiger partial charge in [-0.25, -0.2) is 0 Å². The Balaban J connectivity index is 1.64. The van der Waals surface area contributed by atoms with E-state index in [1.165, 1.54) is 12.8 Å². The van der Waals surface area contributed by atoms with E-state index in [9.17, 15) is 0 Å². The number of hydrogen-bond acceptors (Lipinski definition) is 6. The zero-order valence-corrected chi connectivity index (χ0v) is 11.7. The maximum atomic E-state index is 5.24. The van der Waals surface area contributed by atoms with Crippen LogP contribution in [0.3, 0.4) is 0 Å². The van der Waals surface area contributed by atoms with Crippen molar-refractivity contribution in [3.05, 3.63) is 5.82 Å². The van der Waals surface area contributed by atoms with Crippen LogP contribution in [0, 0.1) is 0 Å². The van der Waals surface area contributed by atoms with Gasteiger partial charge in [0.25, 0.3) is 0 Å². The van der Waals surface area contributed by atoms with Gasteiger partial charge in [-0.05, 0) is 12.8 Å². The average molecular weight is 271 g/mol. The van der Waals surface area contributed by atoms with Gasteiger partial charge in [-0.2, -0.15) is 16.7 Å². The first-order chi connectivity index (χ1) is 8.22. The van der Waals surface area contributed by atoms with Crippen LogP contribution < -0.4 is 5.32 Å². The van der Waals surface area contributed by atoms with Crippen LogP contribution in [0.2, 0.25) is 0 Å². The molecule has 0 amide bonds. The molecule has 2 fully saturated rings. The number of anilines is 1. The lowest BCUT2D eigenvalue weighted by Gasteiger charge is -2.29. The van der Waals surface area contributed by atoms with Gasteiger partial charge in [-0.3, -0.25) is 0 Å². The lowest BCUT2D eigenvalue weighted by Crippen LogP contribution is -2.22. The van der Waals surface area contributed by atoms with Crippen LogP contribution in [0.15, 0.2) is 4.52 Å². The van der Waals surface area contributed by atoms with Gasteiger partial charge in [0.05, 0.1) is 5.25 Å². The number of aromatic nitrogens is 2. The Hall–Kier alpha value is -0.360. The van der Waals surface area contributed by atoms with E-state index in [1.54, 1.807) is 0 Å². The third-order valence-corrected chi connectivity index (χ3v) is 6.57. The van der Waals surface area contributed by atoms with Crippen molar-refractivity contribution < 1.29 is 4.52 Å². The van der Waals surface area contributed by atoms with Gasteiger partial charge in [0.1, 0.15) is 0 Å². The van der Waals surface area contributed by atoms with Crippen molar-refractivity contribution in [2.45, 2.75) is 48.5 Å². The van der Waals surface area contributed by atoms with Gasteiger partial charge in [-0.1, -0.05) is 19.0 Å². The van der Waals surface area contributed by atoms with E-state index < -0.39 is 0 Å². The molecule has 0 aromatic carbocycles. The summed E-state index contributed by atoms with van der Waals surface area (Å²) < 4.78 is 5.24. The van der Waals surface area contributed by atoms with Crippen molar-refractivity contribution in [2.24, 2.45) is 0 Å². The molecule has 3 rings (SSSR count). The first kappa shape index (κ1) is 11.7. The van der Waals surface area contributed by atoms with Gasteiger partial charge in [0, 0.05) is 22.3 Å². The highest BCUT2D eigenvalue weighted by Gasteiger charge is 2.30. The Morgan fingerprint density at radius 3 is 2.82 bits per heavy atom. The van der Waals surface area contributed by atoms with Gasteiger partial charge in [0.15, 0.2) is 5.82 Å². The maximum absolute atomic E-state index is 5.24. The highest BCUT2D eigenvalue weighted by Crippen LogP contribution is 2.43. The highest BCUT2D eigenvalue weighted by atomic mass is 32.2. The van der Waals surface area contributed by atoms with Crippen LogP contribution in [0.4, 0.5) is 6.01 Å². The molecule has 4 nitrogen and oxygen atoms in total. The van der Waals surface area contributed by atoms with Crippen molar-refractivity contribution in [2.75, 3.05) is 11.1 Å². The quantitative estimate of drug-likeness (QED) is 0.912. The summed E-state index contributed by atoms with van der Waals surface area (Å²) in [6.07, 6.45) is 2.45. The Kier molecular flexibility index (Phi) is 3.25. The molecular formula is C11H17N3OS2. The molecule has 1 aliphatic heterocycles. The van der Waals surface area contributed by atoms with Crippen LogP contribution in [0.5, 0.6) is 0 Å². The van der Waals surface area contributed by atoms with E-state index in [2.05, 4.69) is 29.3 Å². The fourth-order valence-electron chi connectivity index (χ4n) is 1.75. The minimum atomic E-state index is 0.379. The molecule has 0 bridgehead atoms. The summed E-state index contributed by atoms with van der Waals surface area (Å²) in [4.78, 5) is 4.45. The number of nitrogens with one attached hydrogen (secondary N) is 1. The molecule has 1 aromatic rings. The Morgan fingerprint density at radius 2 is 2.12 bits per heavy atom. The van der Waals surface area contributed by atoms with Crippen LogP contribution in [0.25, 0.3) is 0 Å². The van der Waals surface area contributed by atoms with E-state index in [4.69, 9.17) is 4.52 Å². The third kappa shape index (κ3) is 2.73. The molecule has 17 heavy (non-hydrogen) atoms. The molecule has 3 unspecified atom stereocenters. The second-order valence-corrected chi connectivity index (χ2v) is 7.74. The number of thioether (sulfide) groups is 2. The first-order valence-electron chi connectivity index (χ1n) is 6.09. The molecule has 0 radical (unpaired) electrons. The summed E-state index contributed by atoms with van der Waals surface area (Å²) in [5.74, 6) is 1.93. The second kappa shape index (κ2) is 4.72. The summed E-state index contributed by atoms with van der Waals surface area (Å²) in [7, 11) is 0. The molecule has 1 saturated carbocycles. The summed E-state index contributed by atoms with van der Waals surface area (Å²) >= 11 is 3.96. The Labute approximate surface area is 110 Å². The molecular weight excluding hydrogens is 254 g/mol. The topological polar surface area (TPSA) is 51.0 Å². The minimum absolute atomic E-state index is 0.379. The zero-order chi connectivity index (χ0) is 11.8. The third-order valence-electron chi connectivity index (χ3n) is 3.19. The molecule has 2 heterocycles. The summed E-state index contributed by atoms with van der Waals surface area (Å²) in [5, 5.41) is 9.08. The van der Waals surface area contributed by atoms with E-state index in [0.717, 1.165) is 11.6 Å². The van der Waals surface area contributed by atoms with Gasteiger partial charge < -0.3 is 9.84 Å². The monoisotopic (exact) mass is 271 g/mol. The van der Waals surface area contributed by atoms with Gasteiger partial charge >= 0.3 is 6.01 Å². The Morgan fingerprint density at radius 1 is 1.29 bits per heavy atom. The first-order valence-corrected chi connectivity index (χ1v) is 8.08. The van der Waals surface area contributed by atoms with E-state index in [0.29, 0.717) is 27.8 Å². The van der Waals surface area contributed by atoms with E-state index in [1.807, 2.05) is 23.5 Å². The Bertz CT molecular complexity index is 394. The lowest BCUT2D eigenvalue weighted by molar-refractivity contribution is 0.422. The SMILES string of the molecule is CC1SCC(c2noc(NC3CC3)n2)SC1C. The lowest BCUT2D eigenvalue weighted by atomic mass is 10.3. The molecule has 94 valence electrons.